The van der Waals surface area contributed by atoms with Crippen molar-refractivity contribution >= 4 is 17.4 Å². The molecule has 27 heavy (non-hydrogen) atoms. The number of hydrogen-bond acceptors (Lipinski definition) is 5. The van der Waals surface area contributed by atoms with Crippen molar-refractivity contribution in [2.75, 3.05) is 25.1 Å². The zero-order chi connectivity index (χ0) is 19.7. The number of benzene rings is 1. The Morgan fingerprint density at radius 2 is 1.85 bits per heavy atom. The van der Waals surface area contributed by atoms with Crippen molar-refractivity contribution < 1.29 is 9.84 Å². The highest BCUT2D eigenvalue weighted by Gasteiger charge is 2.36. The Bertz CT molecular complexity index is 796. The van der Waals surface area contributed by atoms with Crippen LogP contribution in [0.5, 0.6) is 0 Å². The Morgan fingerprint density at radius 1 is 1.19 bits per heavy atom. The molecule has 1 aromatic carbocycles. The molecule has 1 aromatic heterocycles. The first-order chi connectivity index (χ1) is 12.7. The number of ether oxygens (including phenoxy) is 1. The van der Waals surface area contributed by atoms with Gasteiger partial charge in [0.25, 0.3) is 0 Å². The van der Waals surface area contributed by atoms with Crippen LogP contribution < -0.4 is 4.90 Å². The monoisotopic (exact) mass is 389 g/mol. The molecule has 0 saturated carbocycles. The average molecular weight is 390 g/mol. The molecule has 1 fully saturated rings. The SMILES string of the molecule is COCc1cc(N2CCC(O)(c3ccccc3Cl)CC2)nc(C(C)(C)C)n1. The molecule has 0 atom stereocenters. The van der Waals surface area contributed by atoms with Crippen LogP contribution in [0, 0.1) is 0 Å². The maximum absolute atomic E-state index is 11.1. The van der Waals surface area contributed by atoms with Crippen LogP contribution in [-0.2, 0) is 22.4 Å². The van der Waals surface area contributed by atoms with Gasteiger partial charge in [0, 0.05) is 42.3 Å². The van der Waals surface area contributed by atoms with E-state index < -0.39 is 5.60 Å². The fourth-order valence-electron chi connectivity index (χ4n) is 3.42. The van der Waals surface area contributed by atoms with Crippen LogP contribution in [-0.4, -0.2) is 35.3 Å². The number of rotatable bonds is 4. The number of anilines is 1. The predicted molar refractivity (Wildman–Crippen MR) is 108 cm³/mol. The second-order valence-corrected chi connectivity index (χ2v) is 8.63. The lowest BCUT2D eigenvalue weighted by molar-refractivity contribution is 0.0117. The number of halogens is 1. The van der Waals surface area contributed by atoms with E-state index in [1.54, 1.807) is 7.11 Å². The lowest BCUT2D eigenvalue weighted by Crippen LogP contribution is -2.43. The lowest BCUT2D eigenvalue weighted by Gasteiger charge is -2.39. The van der Waals surface area contributed by atoms with Crippen molar-refractivity contribution in [2.45, 2.75) is 51.2 Å². The van der Waals surface area contributed by atoms with Crippen LogP contribution in [0.2, 0.25) is 5.02 Å². The summed E-state index contributed by atoms with van der Waals surface area (Å²) in [6.07, 6.45) is 1.20. The molecule has 0 amide bonds. The van der Waals surface area contributed by atoms with Crippen LogP contribution in [0.1, 0.15) is 50.7 Å². The molecule has 146 valence electrons. The van der Waals surface area contributed by atoms with Gasteiger partial charge in [-0.2, -0.15) is 0 Å². The summed E-state index contributed by atoms with van der Waals surface area (Å²) in [5, 5.41) is 11.8. The number of aliphatic hydroxyl groups is 1. The summed E-state index contributed by atoms with van der Waals surface area (Å²) in [7, 11) is 1.67. The van der Waals surface area contributed by atoms with E-state index in [1.807, 2.05) is 30.3 Å². The van der Waals surface area contributed by atoms with Gasteiger partial charge in [-0.3, -0.25) is 0 Å². The van der Waals surface area contributed by atoms with Gasteiger partial charge in [-0.15, -0.1) is 0 Å². The maximum atomic E-state index is 11.1. The van der Waals surface area contributed by atoms with Crippen LogP contribution in [0.25, 0.3) is 0 Å². The summed E-state index contributed by atoms with van der Waals surface area (Å²) >= 11 is 6.32. The molecule has 0 aliphatic carbocycles. The standard InChI is InChI=1S/C21H28ClN3O2/c1-20(2,3)19-23-15(14-27-4)13-18(24-19)25-11-9-21(26,10-12-25)16-7-5-6-8-17(16)22/h5-8,13,26H,9-12,14H2,1-4H3. The van der Waals surface area contributed by atoms with Gasteiger partial charge < -0.3 is 14.7 Å². The smallest absolute Gasteiger partial charge is 0.136 e. The number of nitrogens with zero attached hydrogens (tertiary/aromatic N) is 3. The highest BCUT2D eigenvalue weighted by atomic mass is 35.5. The first-order valence-corrected chi connectivity index (χ1v) is 9.70. The molecule has 2 heterocycles. The zero-order valence-corrected chi connectivity index (χ0v) is 17.3. The Kier molecular flexibility index (Phi) is 5.75. The summed E-state index contributed by atoms with van der Waals surface area (Å²) in [4.78, 5) is 11.7. The summed E-state index contributed by atoms with van der Waals surface area (Å²) in [5.74, 6) is 1.70. The van der Waals surface area contributed by atoms with E-state index in [-0.39, 0.29) is 5.41 Å². The molecular weight excluding hydrogens is 362 g/mol. The van der Waals surface area contributed by atoms with Crippen LogP contribution >= 0.6 is 11.6 Å². The second kappa shape index (κ2) is 7.74. The number of aromatic nitrogens is 2. The van der Waals surface area contributed by atoms with E-state index in [0.717, 1.165) is 22.9 Å². The fraction of sp³-hybridized carbons (Fsp3) is 0.524. The van der Waals surface area contributed by atoms with Gasteiger partial charge >= 0.3 is 0 Å². The molecule has 2 aromatic rings. The van der Waals surface area contributed by atoms with Crippen molar-refractivity contribution in [3.8, 4) is 0 Å². The van der Waals surface area contributed by atoms with E-state index in [4.69, 9.17) is 21.3 Å². The van der Waals surface area contributed by atoms with Gasteiger partial charge in [-0.25, -0.2) is 9.97 Å². The molecule has 6 heteroatoms. The Labute approximate surface area is 166 Å². The van der Waals surface area contributed by atoms with Crippen LogP contribution in [0.4, 0.5) is 5.82 Å². The summed E-state index contributed by atoms with van der Waals surface area (Å²) in [6, 6.07) is 9.53. The minimum absolute atomic E-state index is 0.146. The quantitative estimate of drug-likeness (QED) is 0.854. The van der Waals surface area contributed by atoms with Crippen LogP contribution in [0.3, 0.4) is 0 Å². The van der Waals surface area contributed by atoms with Gasteiger partial charge in [0.2, 0.25) is 0 Å². The van der Waals surface area contributed by atoms with Crippen molar-refractivity contribution in [3.63, 3.8) is 0 Å². The van der Waals surface area contributed by atoms with E-state index in [9.17, 15) is 5.11 Å². The van der Waals surface area contributed by atoms with Crippen LogP contribution in [0.15, 0.2) is 30.3 Å². The predicted octanol–water partition coefficient (Wildman–Crippen LogP) is 4.06. The van der Waals surface area contributed by atoms with Gasteiger partial charge in [-0.1, -0.05) is 50.6 Å². The van der Waals surface area contributed by atoms with E-state index in [2.05, 4.69) is 30.7 Å². The topological polar surface area (TPSA) is 58.5 Å². The Morgan fingerprint density at radius 3 is 2.44 bits per heavy atom. The number of methoxy groups -OCH3 is 1. The van der Waals surface area contributed by atoms with Crippen molar-refractivity contribution in [1.29, 1.82) is 0 Å². The Hall–Kier alpha value is -1.69. The summed E-state index contributed by atoms with van der Waals surface area (Å²) in [5.41, 5.74) is 0.639. The second-order valence-electron chi connectivity index (χ2n) is 8.22. The average Bonchev–Trinajstić information content (AvgIpc) is 2.62. The minimum Gasteiger partial charge on any atom is -0.385 e. The molecule has 5 nitrogen and oxygen atoms in total. The van der Waals surface area contributed by atoms with E-state index >= 15 is 0 Å². The number of hydrogen-bond donors (Lipinski definition) is 1. The van der Waals surface area contributed by atoms with Crippen molar-refractivity contribution in [2.24, 2.45) is 0 Å². The molecular formula is C21H28ClN3O2. The maximum Gasteiger partial charge on any atom is 0.136 e. The molecule has 0 bridgehead atoms. The van der Waals surface area contributed by atoms with Gasteiger partial charge in [0.15, 0.2) is 0 Å². The van der Waals surface area contributed by atoms with Crippen molar-refractivity contribution in [1.82, 2.24) is 9.97 Å². The van der Waals surface area contributed by atoms with Gasteiger partial charge in [-0.05, 0) is 18.9 Å². The number of piperidine rings is 1. The lowest BCUT2D eigenvalue weighted by atomic mass is 9.84. The highest BCUT2D eigenvalue weighted by molar-refractivity contribution is 6.31. The summed E-state index contributed by atoms with van der Waals surface area (Å²) < 4.78 is 5.28. The van der Waals surface area contributed by atoms with E-state index in [1.165, 1.54) is 0 Å². The first kappa shape index (κ1) is 20.1. The molecule has 0 radical (unpaired) electrons. The third-order valence-electron chi connectivity index (χ3n) is 5.02. The molecule has 0 unspecified atom stereocenters. The fourth-order valence-corrected chi connectivity index (χ4v) is 3.73. The largest absolute Gasteiger partial charge is 0.385 e. The molecule has 3 rings (SSSR count). The molecule has 1 aliphatic heterocycles. The third-order valence-corrected chi connectivity index (χ3v) is 5.35. The minimum atomic E-state index is -0.899. The zero-order valence-electron chi connectivity index (χ0n) is 16.5. The molecule has 0 spiro atoms. The Balaban J connectivity index is 1.83. The molecule has 1 N–H and O–H groups in total. The third kappa shape index (κ3) is 4.42. The van der Waals surface area contributed by atoms with Crippen molar-refractivity contribution in [3.05, 3.63) is 52.4 Å². The molecule has 1 aliphatic rings. The molecule has 1 saturated heterocycles. The first-order valence-electron chi connectivity index (χ1n) is 9.33. The van der Waals surface area contributed by atoms with Gasteiger partial charge in [0.05, 0.1) is 17.9 Å². The van der Waals surface area contributed by atoms with E-state index in [0.29, 0.717) is 37.6 Å². The summed E-state index contributed by atoms with van der Waals surface area (Å²) in [6.45, 7) is 8.18. The van der Waals surface area contributed by atoms with Gasteiger partial charge in [0.1, 0.15) is 11.6 Å². The normalized spacial score (nSPS) is 17.2. The highest BCUT2D eigenvalue weighted by Crippen LogP contribution is 2.37.